The van der Waals surface area contributed by atoms with E-state index in [-0.39, 0.29) is 39.5 Å². The molecule has 2 aromatic rings. The Hall–Kier alpha value is -1.85. The predicted molar refractivity (Wildman–Crippen MR) is 88.7 cm³/mol. The van der Waals surface area contributed by atoms with Crippen LogP contribution >= 0.6 is 27.5 Å². The number of halogens is 2. The number of hydrogen-bond acceptors (Lipinski definition) is 3. The van der Waals surface area contributed by atoms with E-state index in [0.717, 1.165) is 0 Å². The summed E-state index contributed by atoms with van der Waals surface area (Å²) in [5.74, 6) is -0.544. The SMILES string of the molecule is [B]C1=C(Br)C(=C)C(=O)c2c(C(=O)c3ccc(Cl)cc3)coc21. The van der Waals surface area contributed by atoms with Gasteiger partial charge in [0.1, 0.15) is 19.9 Å². The van der Waals surface area contributed by atoms with Gasteiger partial charge in [0.2, 0.25) is 0 Å². The number of allylic oxidation sites excluding steroid dienone is 2. The molecule has 1 aliphatic carbocycles. The highest BCUT2D eigenvalue weighted by molar-refractivity contribution is 9.12. The molecule has 6 heteroatoms. The van der Waals surface area contributed by atoms with Crippen molar-refractivity contribution >= 4 is 52.4 Å². The van der Waals surface area contributed by atoms with Crippen molar-refractivity contribution in [1.29, 1.82) is 0 Å². The molecule has 0 spiro atoms. The number of Topliss-reactive ketones (excluding diaryl/α,β-unsaturated/α-hetero) is 1. The molecule has 1 aromatic heterocycles. The summed E-state index contributed by atoms with van der Waals surface area (Å²) in [5.41, 5.74) is 1.14. The van der Waals surface area contributed by atoms with Crippen molar-refractivity contribution in [2.45, 2.75) is 0 Å². The summed E-state index contributed by atoms with van der Waals surface area (Å²) in [6.45, 7) is 3.69. The summed E-state index contributed by atoms with van der Waals surface area (Å²) in [4.78, 5) is 25.0. The van der Waals surface area contributed by atoms with Crippen LogP contribution in [0.2, 0.25) is 5.02 Å². The van der Waals surface area contributed by atoms with Gasteiger partial charge in [0.05, 0.1) is 11.1 Å². The second-order valence-corrected chi connectivity index (χ2v) is 5.95. The first-order valence-electron chi connectivity index (χ1n) is 6.23. The number of fused-ring (bicyclic) bond motifs is 1. The number of rotatable bonds is 2. The van der Waals surface area contributed by atoms with Gasteiger partial charge in [-0.05, 0) is 29.7 Å². The molecule has 1 aromatic carbocycles. The minimum absolute atomic E-state index is 0.144. The fraction of sp³-hybridized carbons (Fsp3) is 0. The van der Waals surface area contributed by atoms with E-state index >= 15 is 0 Å². The van der Waals surface area contributed by atoms with Crippen LogP contribution in [0.15, 0.2) is 51.6 Å². The lowest BCUT2D eigenvalue weighted by molar-refractivity contribution is 0.100. The second kappa shape index (κ2) is 5.41. The van der Waals surface area contributed by atoms with Crippen molar-refractivity contribution in [3.8, 4) is 0 Å². The Morgan fingerprint density at radius 1 is 1.27 bits per heavy atom. The maximum absolute atomic E-state index is 12.6. The molecule has 0 aliphatic heterocycles. The lowest BCUT2D eigenvalue weighted by Gasteiger charge is -2.15. The molecule has 106 valence electrons. The first-order chi connectivity index (χ1) is 10.4. The Morgan fingerprint density at radius 2 is 1.91 bits per heavy atom. The van der Waals surface area contributed by atoms with E-state index in [4.69, 9.17) is 23.9 Å². The van der Waals surface area contributed by atoms with Crippen molar-refractivity contribution in [2.75, 3.05) is 0 Å². The van der Waals surface area contributed by atoms with Crippen LogP contribution in [0.1, 0.15) is 32.0 Å². The highest BCUT2D eigenvalue weighted by atomic mass is 79.9. The Labute approximate surface area is 141 Å². The zero-order chi connectivity index (χ0) is 16.0. The van der Waals surface area contributed by atoms with Crippen LogP contribution in [-0.2, 0) is 0 Å². The van der Waals surface area contributed by atoms with Crippen LogP contribution in [0.4, 0.5) is 0 Å². The summed E-state index contributed by atoms with van der Waals surface area (Å²) in [5, 5.41) is 0.520. The molecular formula is C16H7BBrClO3. The van der Waals surface area contributed by atoms with Crippen LogP contribution in [0.5, 0.6) is 0 Å². The Morgan fingerprint density at radius 3 is 2.55 bits per heavy atom. The maximum atomic E-state index is 12.6. The molecule has 0 amide bonds. The molecule has 22 heavy (non-hydrogen) atoms. The highest BCUT2D eigenvalue weighted by Crippen LogP contribution is 2.38. The molecule has 0 bridgehead atoms. The third kappa shape index (κ3) is 2.21. The lowest BCUT2D eigenvalue weighted by Crippen LogP contribution is -2.15. The number of carbonyl (C=O) groups is 2. The van der Waals surface area contributed by atoms with Crippen LogP contribution in [0.25, 0.3) is 5.47 Å². The van der Waals surface area contributed by atoms with E-state index in [1.54, 1.807) is 24.3 Å². The second-order valence-electron chi connectivity index (χ2n) is 4.72. The molecule has 0 N–H and O–H groups in total. The molecule has 1 heterocycles. The minimum Gasteiger partial charge on any atom is -0.464 e. The number of furan rings is 1. The molecule has 0 saturated heterocycles. The number of benzene rings is 1. The first-order valence-corrected chi connectivity index (χ1v) is 7.40. The topological polar surface area (TPSA) is 47.3 Å². The Bertz CT molecular complexity index is 862. The van der Waals surface area contributed by atoms with Crippen molar-refractivity contribution in [2.24, 2.45) is 0 Å². The summed E-state index contributed by atoms with van der Waals surface area (Å²) in [6, 6.07) is 6.38. The fourth-order valence-electron chi connectivity index (χ4n) is 2.22. The van der Waals surface area contributed by atoms with Gasteiger partial charge < -0.3 is 4.42 Å². The molecule has 0 atom stereocenters. The summed E-state index contributed by atoms with van der Waals surface area (Å²) in [6.07, 6.45) is 1.24. The van der Waals surface area contributed by atoms with Gasteiger partial charge in [0.15, 0.2) is 11.6 Å². The zero-order valence-electron chi connectivity index (χ0n) is 11.2. The third-order valence-electron chi connectivity index (χ3n) is 3.39. The van der Waals surface area contributed by atoms with Crippen LogP contribution in [0.3, 0.4) is 0 Å². The zero-order valence-corrected chi connectivity index (χ0v) is 13.5. The van der Waals surface area contributed by atoms with Gasteiger partial charge in [0, 0.05) is 20.6 Å². The van der Waals surface area contributed by atoms with Gasteiger partial charge >= 0.3 is 0 Å². The number of hydrogen-bond donors (Lipinski definition) is 0. The van der Waals surface area contributed by atoms with Crippen LogP contribution < -0.4 is 0 Å². The maximum Gasteiger partial charge on any atom is 0.198 e. The van der Waals surface area contributed by atoms with Crippen molar-refractivity contribution in [3.05, 3.63) is 74.6 Å². The van der Waals surface area contributed by atoms with E-state index in [9.17, 15) is 9.59 Å². The molecule has 1 aliphatic rings. The molecule has 3 rings (SSSR count). The van der Waals surface area contributed by atoms with Gasteiger partial charge in [-0.2, -0.15) is 0 Å². The van der Waals surface area contributed by atoms with Crippen LogP contribution in [0, 0.1) is 0 Å². The van der Waals surface area contributed by atoms with Crippen LogP contribution in [-0.4, -0.2) is 19.4 Å². The summed E-state index contributed by atoms with van der Waals surface area (Å²) >= 11 is 9.01. The highest BCUT2D eigenvalue weighted by Gasteiger charge is 2.33. The van der Waals surface area contributed by atoms with Crippen molar-refractivity contribution < 1.29 is 14.0 Å². The lowest BCUT2D eigenvalue weighted by atomic mass is 9.81. The van der Waals surface area contributed by atoms with Crippen molar-refractivity contribution in [3.63, 3.8) is 0 Å². The average Bonchev–Trinajstić information content (AvgIpc) is 2.96. The summed E-state index contributed by atoms with van der Waals surface area (Å²) in [7, 11) is 5.91. The third-order valence-corrected chi connectivity index (χ3v) is 4.55. The number of carbonyl (C=O) groups excluding carboxylic acids is 2. The number of ketones is 2. The normalized spacial score (nSPS) is 14.3. The first kappa shape index (κ1) is 15.1. The Balaban J connectivity index is 2.14. The minimum atomic E-state index is -0.387. The van der Waals surface area contributed by atoms with Gasteiger partial charge in [-0.3, -0.25) is 9.59 Å². The van der Waals surface area contributed by atoms with Crippen molar-refractivity contribution in [1.82, 2.24) is 0 Å². The van der Waals surface area contributed by atoms with E-state index in [2.05, 4.69) is 22.5 Å². The summed E-state index contributed by atoms with van der Waals surface area (Å²) < 4.78 is 5.71. The van der Waals surface area contributed by atoms with E-state index in [0.29, 0.717) is 15.1 Å². The molecule has 0 unspecified atom stereocenters. The van der Waals surface area contributed by atoms with E-state index in [1.165, 1.54) is 6.26 Å². The molecule has 2 radical (unpaired) electrons. The molecule has 3 nitrogen and oxygen atoms in total. The average molecular weight is 373 g/mol. The molecular weight excluding hydrogens is 366 g/mol. The van der Waals surface area contributed by atoms with Gasteiger partial charge in [0.25, 0.3) is 0 Å². The predicted octanol–water partition coefficient (Wildman–Crippen LogP) is 4.15. The molecule has 0 saturated carbocycles. The van der Waals surface area contributed by atoms with Gasteiger partial charge in [-0.25, -0.2) is 0 Å². The van der Waals surface area contributed by atoms with Gasteiger partial charge in [-0.1, -0.05) is 34.1 Å². The largest absolute Gasteiger partial charge is 0.464 e. The van der Waals surface area contributed by atoms with Gasteiger partial charge in [-0.15, -0.1) is 0 Å². The Kier molecular flexibility index (Phi) is 3.71. The van der Waals surface area contributed by atoms with E-state index < -0.39 is 0 Å². The fourth-order valence-corrected chi connectivity index (χ4v) is 2.70. The monoisotopic (exact) mass is 372 g/mol. The smallest absolute Gasteiger partial charge is 0.198 e. The molecule has 0 fully saturated rings. The standard InChI is InChI=1S/C16H7BBrClO3/c1-7-13(18)12(17)16-11(14(7)20)10(6-22-16)15(21)8-2-4-9(19)5-3-8/h2-6H,1H2. The van der Waals surface area contributed by atoms with E-state index in [1.807, 2.05) is 0 Å². The quantitative estimate of drug-likeness (QED) is 0.451.